The third-order valence-corrected chi connectivity index (χ3v) is 7.10. The molecule has 9 heteroatoms. The van der Waals surface area contributed by atoms with Gasteiger partial charge in [-0.05, 0) is 43.0 Å². The van der Waals surface area contributed by atoms with Crippen LogP contribution in [0.3, 0.4) is 0 Å². The number of aliphatic carboxylic acids is 1. The van der Waals surface area contributed by atoms with E-state index in [1.165, 1.54) is 0 Å². The summed E-state index contributed by atoms with van der Waals surface area (Å²) in [7, 11) is 0. The van der Waals surface area contributed by atoms with Gasteiger partial charge in [-0.25, -0.2) is 4.98 Å². The number of hydrogen-bond acceptors (Lipinski definition) is 6. The van der Waals surface area contributed by atoms with Gasteiger partial charge in [0.25, 0.3) is 11.5 Å². The molecule has 1 aliphatic rings. The largest absolute Gasteiger partial charge is 0.505 e. The predicted molar refractivity (Wildman–Crippen MR) is 143 cm³/mol. The van der Waals surface area contributed by atoms with Crippen molar-refractivity contribution in [2.24, 2.45) is 0 Å². The van der Waals surface area contributed by atoms with Gasteiger partial charge in [-0.3, -0.25) is 19.4 Å². The molecule has 0 radical (unpaired) electrons. The van der Waals surface area contributed by atoms with E-state index >= 15 is 0 Å². The van der Waals surface area contributed by atoms with Crippen LogP contribution in [0.2, 0.25) is 0 Å². The number of nitrogens with zero attached hydrogens (tertiary/aromatic N) is 3. The van der Waals surface area contributed by atoms with E-state index in [0.717, 1.165) is 31.2 Å². The van der Waals surface area contributed by atoms with Crippen molar-refractivity contribution in [3.63, 3.8) is 0 Å². The maximum absolute atomic E-state index is 14.2. The molecule has 0 saturated heterocycles. The Hall–Kier alpha value is -4.53. The first-order valence-corrected chi connectivity index (χ1v) is 12.7. The number of benzene rings is 1. The Kier molecular flexibility index (Phi) is 6.91. The summed E-state index contributed by atoms with van der Waals surface area (Å²) in [4.78, 5) is 47.1. The van der Waals surface area contributed by atoms with Crippen LogP contribution in [0, 0.1) is 6.92 Å². The van der Waals surface area contributed by atoms with Crippen molar-refractivity contribution in [2.75, 3.05) is 6.54 Å². The molecular weight excluding hydrogens is 484 g/mol. The van der Waals surface area contributed by atoms with Gasteiger partial charge in [0.2, 0.25) is 0 Å². The fourth-order valence-corrected chi connectivity index (χ4v) is 5.35. The van der Waals surface area contributed by atoms with E-state index in [9.17, 15) is 19.5 Å². The molecule has 1 fully saturated rings. The normalized spacial score (nSPS) is 13.6. The molecule has 4 aromatic rings. The highest BCUT2D eigenvalue weighted by Gasteiger charge is 2.30. The van der Waals surface area contributed by atoms with Gasteiger partial charge >= 0.3 is 5.97 Å². The lowest BCUT2D eigenvalue weighted by Gasteiger charge is -2.24. The molecular formula is C29H28N4O5. The zero-order valence-electron chi connectivity index (χ0n) is 21.0. The second-order valence-corrected chi connectivity index (χ2v) is 9.50. The highest BCUT2D eigenvalue weighted by molar-refractivity contribution is 6.07. The molecule has 0 bridgehead atoms. The van der Waals surface area contributed by atoms with Gasteiger partial charge in [-0.15, -0.1) is 0 Å². The Bertz CT molecular complexity index is 1580. The highest BCUT2D eigenvalue weighted by Crippen LogP contribution is 2.41. The van der Waals surface area contributed by atoms with E-state index in [4.69, 9.17) is 5.11 Å². The van der Waals surface area contributed by atoms with Crippen LogP contribution in [0.5, 0.6) is 5.75 Å². The number of carbonyl (C=O) groups excluding carboxylic acids is 1. The number of fused-ring (bicyclic) bond motifs is 1. The first-order chi connectivity index (χ1) is 18.4. The van der Waals surface area contributed by atoms with Crippen LogP contribution in [0.1, 0.15) is 54.2 Å². The molecule has 5 rings (SSSR count). The summed E-state index contributed by atoms with van der Waals surface area (Å²) in [6.07, 6.45) is 6.56. The lowest BCUT2D eigenvalue weighted by atomic mass is 9.95. The van der Waals surface area contributed by atoms with E-state index in [1.807, 2.05) is 30.3 Å². The maximum Gasteiger partial charge on any atom is 0.305 e. The van der Waals surface area contributed by atoms with Crippen LogP contribution in [-0.4, -0.2) is 43.2 Å². The summed E-state index contributed by atoms with van der Waals surface area (Å²) in [5.74, 6) is -2.10. The number of carbonyl (C=O) groups is 2. The molecule has 38 heavy (non-hydrogen) atoms. The third kappa shape index (κ3) is 4.51. The van der Waals surface area contributed by atoms with Gasteiger partial charge in [0, 0.05) is 35.9 Å². The number of hydrogen-bond donors (Lipinski definition) is 3. The van der Waals surface area contributed by atoms with Crippen LogP contribution in [0.25, 0.3) is 33.3 Å². The zero-order valence-corrected chi connectivity index (χ0v) is 21.0. The summed E-state index contributed by atoms with van der Waals surface area (Å²) >= 11 is 0. The number of carboxylic acids is 1. The zero-order chi connectivity index (χ0) is 26.8. The van der Waals surface area contributed by atoms with Crippen LogP contribution < -0.4 is 10.9 Å². The number of aromatic nitrogens is 3. The second kappa shape index (κ2) is 10.5. The van der Waals surface area contributed by atoms with Gasteiger partial charge in [-0.2, -0.15) is 0 Å². The Morgan fingerprint density at radius 3 is 2.45 bits per heavy atom. The Morgan fingerprint density at radius 1 is 1.08 bits per heavy atom. The molecule has 0 unspecified atom stereocenters. The predicted octanol–water partition coefficient (Wildman–Crippen LogP) is 4.46. The van der Waals surface area contributed by atoms with Crippen molar-refractivity contribution in [3.8, 4) is 28.1 Å². The minimum absolute atomic E-state index is 0.0834. The van der Waals surface area contributed by atoms with Gasteiger partial charge < -0.3 is 20.1 Å². The summed E-state index contributed by atoms with van der Waals surface area (Å²) in [5, 5.41) is 23.4. The van der Waals surface area contributed by atoms with E-state index in [1.54, 1.807) is 36.0 Å². The number of carboxylic acid groups (broad SMARTS) is 1. The summed E-state index contributed by atoms with van der Waals surface area (Å²) < 4.78 is 1.75. The molecule has 194 valence electrons. The molecule has 3 heterocycles. The van der Waals surface area contributed by atoms with E-state index in [0.29, 0.717) is 33.3 Å². The van der Waals surface area contributed by atoms with Gasteiger partial charge in [-0.1, -0.05) is 43.2 Å². The van der Waals surface area contributed by atoms with Crippen molar-refractivity contribution < 1.29 is 19.8 Å². The van der Waals surface area contributed by atoms with Crippen molar-refractivity contribution in [3.05, 3.63) is 76.5 Å². The first kappa shape index (κ1) is 25.1. The van der Waals surface area contributed by atoms with E-state index in [-0.39, 0.29) is 36.0 Å². The molecule has 1 saturated carbocycles. The standard InChI is InChI=1S/C29H28N4O5/c1-17-22(18-8-3-2-4-9-18)29(38)33(20-11-5-6-12-20)26-23(17)27(36)25(28(37)31-15-13-21(34)35)32-24(26)19-10-7-14-30-16-19/h2-4,7-10,14,16,20,36H,5-6,11-13,15H2,1H3,(H,31,37)(H,34,35). The summed E-state index contributed by atoms with van der Waals surface area (Å²) in [5.41, 5.74) is 2.73. The molecule has 9 nitrogen and oxygen atoms in total. The van der Waals surface area contributed by atoms with Crippen LogP contribution in [0.4, 0.5) is 0 Å². The fraction of sp³-hybridized carbons (Fsp3) is 0.276. The maximum atomic E-state index is 14.2. The smallest absolute Gasteiger partial charge is 0.305 e. The second-order valence-electron chi connectivity index (χ2n) is 9.50. The number of rotatable bonds is 7. The van der Waals surface area contributed by atoms with Gasteiger partial charge in [0.1, 0.15) is 0 Å². The number of pyridine rings is 3. The molecule has 1 aromatic carbocycles. The number of aryl methyl sites for hydroxylation is 1. The molecule has 0 spiro atoms. The third-order valence-electron chi connectivity index (χ3n) is 7.10. The highest BCUT2D eigenvalue weighted by atomic mass is 16.4. The lowest BCUT2D eigenvalue weighted by Crippen LogP contribution is -2.29. The van der Waals surface area contributed by atoms with E-state index in [2.05, 4.69) is 15.3 Å². The minimum atomic E-state index is -1.05. The SMILES string of the molecule is Cc1c(-c2ccccc2)c(=O)n(C2CCCC2)c2c(-c3cccnc3)nc(C(=O)NCCC(=O)O)c(O)c12. The van der Waals surface area contributed by atoms with Gasteiger partial charge in [0.15, 0.2) is 11.4 Å². The first-order valence-electron chi connectivity index (χ1n) is 12.7. The number of aromatic hydroxyl groups is 1. The molecule has 1 amide bonds. The number of nitrogens with one attached hydrogen (secondary N) is 1. The average molecular weight is 513 g/mol. The van der Waals surface area contributed by atoms with E-state index < -0.39 is 11.9 Å². The lowest BCUT2D eigenvalue weighted by molar-refractivity contribution is -0.136. The van der Waals surface area contributed by atoms with Crippen molar-refractivity contribution >= 4 is 22.8 Å². The topological polar surface area (TPSA) is 134 Å². The van der Waals surface area contributed by atoms with Crippen LogP contribution in [-0.2, 0) is 4.79 Å². The molecule has 1 aliphatic carbocycles. The molecule has 3 aromatic heterocycles. The Labute approximate surface area is 218 Å². The van der Waals surface area contributed by atoms with Gasteiger partial charge in [0.05, 0.1) is 23.2 Å². The molecule has 0 atom stereocenters. The molecule has 3 N–H and O–H groups in total. The Balaban J connectivity index is 1.88. The van der Waals surface area contributed by atoms with Crippen molar-refractivity contribution in [2.45, 2.75) is 45.1 Å². The van der Waals surface area contributed by atoms with Crippen LogP contribution >= 0.6 is 0 Å². The molecule has 0 aliphatic heterocycles. The quantitative estimate of drug-likeness (QED) is 0.333. The van der Waals surface area contributed by atoms with Crippen LogP contribution in [0.15, 0.2) is 59.7 Å². The van der Waals surface area contributed by atoms with Crippen molar-refractivity contribution in [1.29, 1.82) is 0 Å². The van der Waals surface area contributed by atoms with Crippen molar-refractivity contribution in [1.82, 2.24) is 19.9 Å². The Morgan fingerprint density at radius 2 is 1.79 bits per heavy atom. The summed E-state index contributed by atoms with van der Waals surface area (Å²) in [6, 6.07) is 12.7. The average Bonchev–Trinajstić information content (AvgIpc) is 3.44. The monoisotopic (exact) mass is 512 g/mol. The minimum Gasteiger partial charge on any atom is -0.505 e. The fourth-order valence-electron chi connectivity index (χ4n) is 5.35. The number of amides is 1. The summed E-state index contributed by atoms with van der Waals surface area (Å²) in [6.45, 7) is 1.65.